The van der Waals surface area contributed by atoms with Crippen LogP contribution in [-0.4, -0.2) is 65.2 Å². The number of Topliss-reactive ketones (excluding diaryl/α,β-unsaturated/α-hetero) is 1. The molecule has 0 aliphatic heterocycles. The van der Waals surface area contributed by atoms with Gasteiger partial charge in [0.2, 0.25) is 0 Å². The summed E-state index contributed by atoms with van der Waals surface area (Å²) >= 11 is 0. The van der Waals surface area contributed by atoms with Gasteiger partial charge in [0.15, 0.2) is 5.78 Å². The molecule has 3 N–H and O–H groups in total. The molecule has 0 atom stereocenters. The van der Waals surface area contributed by atoms with E-state index in [2.05, 4.69) is 5.73 Å². The number of ketones is 1. The van der Waals surface area contributed by atoms with Crippen LogP contribution in [0, 0.1) is 0 Å². The molecule has 1 rings (SSSR count). The molecular weight excluding hydrogens is 322 g/mol. The minimum atomic E-state index is 0.102. The summed E-state index contributed by atoms with van der Waals surface area (Å²) in [6.07, 6.45) is 1.84. The van der Waals surface area contributed by atoms with Gasteiger partial charge >= 0.3 is 0 Å². The minimum absolute atomic E-state index is 0.102. The smallest absolute Gasteiger partial charge is 0.159 e. The van der Waals surface area contributed by atoms with Gasteiger partial charge in [-0.15, -0.1) is 0 Å². The number of carbonyl (C=O) groups excluding carboxylic acids is 1. The summed E-state index contributed by atoms with van der Waals surface area (Å²) in [6, 6.07) is 7.77. The minimum Gasteiger partial charge on any atom is -0.379 e. The highest BCUT2D eigenvalue weighted by atomic mass is 16.6. The van der Waals surface area contributed by atoms with Crippen molar-refractivity contribution >= 4 is 5.78 Å². The third-order valence-electron chi connectivity index (χ3n) is 3.49. The van der Waals surface area contributed by atoms with Gasteiger partial charge in [0.05, 0.1) is 52.8 Å². The number of quaternary nitrogens is 1. The van der Waals surface area contributed by atoms with Crippen molar-refractivity contribution < 1.29 is 29.5 Å². The molecule has 0 aliphatic carbocycles. The normalized spacial score (nSPS) is 11.0. The van der Waals surface area contributed by atoms with Gasteiger partial charge in [0.25, 0.3) is 0 Å². The number of carbonyl (C=O) groups is 1. The first kappa shape index (κ1) is 21.7. The Morgan fingerprint density at radius 1 is 0.880 bits per heavy atom. The fraction of sp³-hybridized carbons (Fsp3) is 0.632. The van der Waals surface area contributed by atoms with Crippen LogP contribution in [0.1, 0.15) is 29.3 Å². The summed E-state index contributed by atoms with van der Waals surface area (Å²) in [7, 11) is 0. The third kappa shape index (κ3) is 11.8. The van der Waals surface area contributed by atoms with Crippen LogP contribution in [0.15, 0.2) is 24.3 Å². The van der Waals surface area contributed by atoms with Crippen molar-refractivity contribution in [1.82, 2.24) is 0 Å². The zero-order valence-electron chi connectivity index (χ0n) is 15.3. The second-order valence-corrected chi connectivity index (χ2v) is 5.66. The van der Waals surface area contributed by atoms with Crippen molar-refractivity contribution in [2.75, 3.05) is 59.4 Å². The van der Waals surface area contributed by atoms with Gasteiger partial charge in [-0.2, -0.15) is 0 Å². The van der Waals surface area contributed by atoms with E-state index in [1.165, 1.54) is 5.56 Å². The summed E-state index contributed by atoms with van der Waals surface area (Å²) < 4.78 is 21.6. The first-order valence-corrected chi connectivity index (χ1v) is 8.94. The predicted octanol–water partition coefficient (Wildman–Crippen LogP) is 1.13. The summed E-state index contributed by atoms with van der Waals surface area (Å²) in [6.45, 7) is 7.23. The fourth-order valence-corrected chi connectivity index (χ4v) is 2.19. The van der Waals surface area contributed by atoms with E-state index in [0.29, 0.717) is 52.9 Å². The van der Waals surface area contributed by atoms with Crippen molar-refractivity contribution in [2.24, 2.45) is 0 Å². The molecule has 0 saturated heterocycles. The lowest BCUT2D eigenvalue weighted by molar-refractivity contribution is -0.374. The first-order chi connectivity index (χ1) is 12.2. The standard InChI is InChI=1S/C19H31NO5/c1-17(21)19-6-2-4-18(16-19)5-3-8-22-10-12-24-14-15-25-13-11-23-9-7-20/h2,4,6,16H,3,5,7-15,20H2,1H3/p+1. The number of benzene rings is 1. The molecule has 0 aromatic heterocycles. The van der Waals surface area contributed by atoms with Gasteiger partial charge in [-0.1, -0.05) is 18.2 Å². The summed E-state index contributed by atoms with van der Waals surface area (Å²) in [5.74, 6) is 0.102. The Morgan fingerprint density at radius 3 is 2.00 bits per heavy atom. The van der Waals surface area contributed by atoms with Crippen molar-refractivity contribution in [2.45, 2.75) is 19.8 Å². The van der Waals surface area contributed by atoms with E-state index in [1.54, 1.807) is 6.92 Å². The van der Waals surface area contributed by atoms with Crippen LogP contribution >= 0.6 is 0 Å². The molecule has 0 radical (unpaired) electrons. The van der Waals surface area contributed by atoms with Crippen molar-refractivity contribution in [3.05, 3.63) is 35.4 Å². The van der Waals surface area contributed by atoms with E-state index in [4.69, 9.17) is 18.9 Å². The lowest BCUT2D eigenvalue weighted by Crippen LogP contribution is -2.52. The summed E-state index contributed by atoms with van der Waals surface area (Å²) in [4.78, 5) is 11.3. The lowest BCUT2D eigenvalue weighted by atomic mass is 10.0. The second-order valence-electron chi connectivity index (χ2n) is 5.66. The quantitative estimate of drug-likeness (QED) is 0.355. The van der Waals surface area contributed by atoms with Crippen LogP contribution in [0.5, 0.6) is 0 Å². The molecule has 0 aliphatic rings. The highest BCUT2D eigenvalue weighted by Gasteiger charge is 2.00. The highest BCUT2D eigenvalue weighted by molar-refractivity contribution is 5.94. The maximum Gasteiger partial charge on any atom is 0.159 e. The Bertz CT molecular complexity index is 467. The van der Waals surface area contributed by atoms with E-state index in [-0.39, 0.29) is 5.78 Å². The van der Waals surface area contributed by atoms with E-state index in [1.807, 2.05) is 24.3 Å². The van der Waals surface area contributed by atoms with Crippen LogP contribution in [0.3, 0.4) is 0 Å². The Balaban J connectivity index is 1.87. The molecule has 0 amide bonds. The Hall–Kier alpha value is -1.31. The van der Waals surface area contributed by atoms with Crippen LogP contribution in [-0.2, 0) is 25.4 Å². The number of hydrogen-bond donors (Lipinski definition) is 1. The number of rotatable bonds is 16. The molecule has 6 nitrogen and oxygen atoms in total. The molecule has 1 aromatic rings. The third-order valence-corrected chi connectivity index (χ3v) is 3.49. The maximum absolute atomic E-state index is 11.3. The molecule has 0 heterocycles. The van der Waals surface area contributed by atoms with E-state index in [9.17, 15) is 4.79 Å². The van der Waals surface area contributed by atoms with E-state index >= 15 is 0 Å². The first-order valence-electron chi connectivity index (χ1n) is 8.94. The van der Waals surface area contributed by atoms with Gasteiger partial charge < -0.3 is 24.7 Å². The number of ether oxygens (including phenoxy) is 4. The van der Waals surface area contributed by atoms with E-state index < -0.39 is 0 Å². The van der Waals surface area contributed by atoms with Crippen molar-refractivity contribution in [3.8, 4) is 0 Å². The molecule has 0 spiro atoms. The van der Waals surface area contributed by atoms with E-state index in [0.717, 1.165) is 24.9 Å². The summed E-state index contributed by atoms with van der Waals surface area (Å²) in [5.41, 5.74) is 5.63. The van der Waals surface area contributed by atoms with Crippen LogP contribution in [0.2, 0.25) is 0 Å². The Morgan fingerprint density at radius 2 is 1.44 bits per heavy atom. The Kier molecular flexibility index (Phi) is 13.0. The van der Waals surface area contributed by atoms with Gasteiger partial charge in [-0.3, -0.25) is 4.79 Å². The fourth-order valence-electron chi connectivity index (χ4n) is 2.19. The molecular formula is C19H32NO5+. The SMILES string of the molecule is CC(=O)c1cccc(CCCOCCOCCOCCOCC[NH3+])c1. The Labute approximate surface area is 150 Å². The maximum atomic E-state index is 11.3. The average Bonchev–Trinajstić information content (AvgIpc) is 2.62. The van der Waals surface area contributed by atoms with Crippen LogP contribution in [0.4, 0.5) is 0 Å². The zero-order valence-corrected chi connectivity index (χ0v) is 15.3. The van der Waals surface area contributed by atoms with Crippen LogP contribution < -0.4 is 5.73 Å². The van der Waals surface area contributed by atoms with Gasteiger partial charge in [0.1, 0.15) is 0 Å². The molecule has 0 saturated carbocycles. The second kappa shape index (κ2) is 15.0. The van der Waals surface area contributed by atoms with Crippen molar-refractivity contribution in [1.29, 1.82) is 0 Å². The topological polar surface area (TPSA) is 81.6 Å². The van der Waals surface area contributed by atoms with Gasteiger partial charge in [-0.05, 0) is 31.4 Å². The zero-order chi connectivity index (χ0) is 18.2. The molecule has 142 valence electrons. The molecule has 0 fully saturated rings. The molecule has 0 unspecified atom stereocenters. The van der Waals surface area contributed by atoms with Gasteiger partial charge in [-0.25, -0.2) is 0 Å². The highest BCUT2D eigenvalue weighted by Crippen LogP contribution is 2.08. The number of aryl methyl sites for hydroxylation is 1. The van der Waals surface area contributed by atoms with Gasteiger partial charge in [0, 0.05) is 12.2 Å². The number of hydrogen-bond acceptors (Lipinski definition) is 5. The molecule has 0 bridgehead atoms. The largest absolute Gasteiger partial charge is 0.379 e. The molecule has 25 heavy (non-hydrogen) atoms. The lowest BCUT2D eigenvalue weighted by Gasteiger charge is -2.07. The molecule has 1 aromatic carbocycles. The average molecular weight is 354 g/mol. The van der Waals surface area contributed by atoms with Crippen LogP contribution in [0.25, 0.3) is 0 Å². The monoisotopic (exact) mass is 354 g/mol. The predicted molar refractivity (Wildman–Crippen MR) is 95.8 cm³/mol. The molecule has 6 heteroatoms. The van der Waals surface area contributed by atoms with Crippen molar-refractivity contribution in [3.63, 3.8) is 0 Å². The summed E-state index contributed by atoms with van der Waals surface area (Å²) in [5, 5.41) is 0.